The number of carbonyl (C=O) groups is 2. The largest absolute Gasteiger partial charge is 0.490 e. The quantitative estimate of drug-likeness (QED) is 0.719. The first kappa shape index (κ1) is 23.5. The molecule has 31 heavy (non-hydrogen) atoms. The molecule has 1 spiro atoms. The van der Waals surface area contributed by atoms with E-state index in [1.54, 1.807) is 0 Å². The minimum atomic E-state index is -5.08. The number of hydrogen-bond donors (Lipinski definition) is 2. The van der Waals surface area contributed by atoms with Gasteiger partial charge in [0.05, 0.1) is 11.8 Å². The van der Waals surface area contributed by atoms with Gasteiger partial charge in [-0.05, 0) is 44.4 Å². The number of piperidine rings is 1. The highest BCUT2D eigenvalue weighted by Crippen LogP contribution is 2.39. The molecule has 1 unspecified atom stereocenters. The van der Waals surface area contributed by atoms with Crippen LogP contribution >= 0.6 is 0 Å². The molecule has 4 rings (SSSR count). The Morgan fingerprint density at radius 3 is 2.42 bits per heavy atom. The summed E-state index contributed by atoms with van der Waals surface area (Å²) in [5.41, 5.74) is 1.20. The van der Waals surface area contributed by atoms with Gasteiger partial charge in [-0.1, -0.05) is 0 Å². The first-order valence-electron chi connectivity index (χ1n) is 10.5. The predicted molar refractivity (Wildman–Crippen MR) is 104 cm³/mol. The second-order valence-electron chi connectivity index (χ2n) is 8.62. The van der Waals surface area contributed by atoms with Gasteiger partial charge in [0.1, 0.15) is 6.10 Å². The lowest BCUT2D eigenvalue weighted by atomic mass is 9.88. The zero-order chi connectivity index (χ0) is 22.6. The van der Waals surface area contributed by atoms with Crippen LogP contribution in [0.15, 0.2) is 12.4 Å². The van der Waals surface area contributed by atoms with Crippen molar-refractivity contribution in [3.8, 4) is 0 Å². The van der Waals surface area contributed by atoms with E-state index in [0.29, 0.717) is 0 Å². The van der Waals surface area contributed by atoms with Crippen molar-refractivity contribution in [3.05, 3.63) is 18.0 Å². The first-order chi connectivity index (χ1) is 14.6. The Bertz CT molecular complexity index is 771. The summed E-state index contributed by atoms with van der Waals surface area (Å²) in [6.07, 6.45) is 5.19. The molecule has 1 amide bonds. The molecule has 1 atom stereocenters. The summed E-state index contributed by atoms with van der Waals surface area (Å²) in [5, 5.41) is 14.4. The molecular weight excluding hydrogens is 417 g/mol. The number of aryl methyl sites for hydroxylation is 1. The summed E-state index contributed by atoms with van der Waals surface area (Å²) >= 11 is 0. The van der Waals surface area contributed by atoms with Gasteiger partial charge in [0.2, 0.25) is 5.91 Å². The number of aliphatic carboxylic acids is 1. The number of ether oxygens (including phenoxy) is 1. The minimum absolute atomic E-state index is 0.0625. The molecule has 2 saturated heterocycles. The van der Waals surface area contributed by atoms with Crippen molar-refractivity contribution in [2.75, 3.05) is 19.6 Å². The molecule has 0 radical (unpaired) electrons. The van der Waals surface area contributed by atoms with Crippen LogP contribution in [0.4, 0.5) is 13.2 Å². The van der Waals surface area contributed by atoms with Gasteiger partial charge in [0.25, 0.3) is 0 Å². The van der Waals surface area contributed by atoms with E-state index in [1.165, 1.54) is 18.4 Å². The number of nitrogens with one attached hydrogen (secondary N) is 1. The number of carbonyl (C=O) groups excluding carboxylic acids is 1. The van der Waals surface area contributed by atoms with E-state index in [1.807, 2.05) is 17.9 Å². The smallest absolute Gasteiger partial charge is 0.475 e. The van der Waals surface area contributed by atoms with Crippen LogP contribution in [0.25, 0.3) is 0 Å². The lowest BCUT2D eigenvalue weighted by Gasteiger charge is -2.38. The van der Waals surface area contributed by atoms with Crippen molar-refractivity contribution >= 4 is 11.9 Å². The SMILES string of the molecule is Cn1cc(CN2CCC3(CCC(C(=O)NCC4CC4)O3)CC2)cn1.O=C(O)C(F)(F)F. The molecule has 1 aromatic rings. The van der Waals surface area contributed by atoms with Crippen molar-refractivity contribution in [2.45, 2.75) is 63.0 Å². The molecule has 3 aliphatic rings. The zero-order valence-corrected chi connectivity index (χ0v) is 17.5. The predicted octanol–water partition coefficient (Wildman–Crippen LogP) is 2.09. The van der Waals surface area contributed by atoms with E-state index in [0.717, 1.165) is 57.8 Å². The van der Waals surface area contributed by atoms with Crippen LogP contribution in [0.1, 0.15) is 44.1 Å². The molecule has 8 nitrogen and oxygen atoms in total. The maximum atomic E-state index is 12.3. The Morgan fingerprint density at radius 1 is 1.26 bits per heavy atom. The molecule has 1 saturated carbocycles. The van der Waals surface area contributed by atoms with E-state index in [9.17, 15) is 18.0 Å². The third kappa shape index (κ3) is 6.93. The molecular formula is C20H29F3N4O4. The molecule has 174 valence electrons. The van der Waals surface area contributed by atoms with Crippen molar-refractivity contribution in [3.63, 3.8) is 0 Å². The number of carboxylic acid groups (broad SMARTS) is 1. The average Bonchev–Trinajstić information content (AvgIpc) is 3.31. The lowest BCUT2D eigenvalue weighted by Crippen LogP contribution is -2.45. The topological polar surface area (TPSA) is 96.7 Å². The van der Waals surface area contributed by atoms with Crippen molar-refractivity contribution in [1.29, 1.82) is 0 Å². The highest BCUT2D eigenvalue weighted by molar-refractivity contribution is 5.81. The van der Waals surface area contributed by atoms with Crippen molar-refractivity contribution in [1.82, 2.24) is 20.0 Å². The number of amides is 1. The standard InChI is InChI=1S/C18H28N4O2.C2HF3O2/c1-21-12-15(11-20-21)13-22-8-6-18(7-9-22)5-4-16(24-18)17(23)19-10-14-2-3-14;3-2(4,5)1(6)7/h11-12,14,16H,2-10,13H2,1H3,(H,19,23);(H,6,7). The third-order valence-corrected chi connectivity index (χ3v) is 5.98. The van der Waals surface area contributed by atoms with Gasteiger partial charge in [-0.2, -0.15) is 18.3 Å². The van der Waals surface area contributed by atoms with Crippen LogP contribution in [0.2, 0.25) is 0 Å². The molecule has 0 bridgehead atoms. The monoisotopic (exact) mass is 446 g/mol. The van der Waals surface area contributed by atoms with Crippen molar-refractivity contribution < 1.29 is 32.6 Å². The van der Waals surface area contributed by atoms with Gasteiger partial charge in [0.15, 0.2) is 0 Å². The van der Waals surface area contributed by atoms with Crippen LogP contribution in [0.5, 0.6) is 0 Å². The molecule has 3 fully saturated rings. The van der Waals surface area contributed by atoms with E-state index < -0.39 is 12.1 Å². The summed E-state index contributed by atoms with van der Waals surface area (Å²) in [6, 6.07) is 0. The third-order valence-electron chi connectivity index (χ3n) is 5.98. The fourth-order valence-electron chi connectivity index (χ4n) is 3.98. The molecule has 1 aliphatic carbocycles. The lowest BCUT2D eigenvalue weighted by molar-refractivity contribution is -0.192. The summed E-state index contributed by atoms with van der Waals surface area (Å²) in [5.74, 6) is -1.93. The van der Waals surface area contributed by atoms with E-state index in [4.69, 9.17) is 14.6 Å². The maximum absolute atomic E-state index is 12.3. The van der Waals surface area contributed by atoms with Gasteiger partial charge in [-0.3, -0.25) is 14.4 Å². The average molecular weight is 446 g/mol. The van der Waals surface area contributed by atoms with E-state index in [2.05, 4.69) is 21.5 Å². The Kier molecular flexibility index (Phi) is 7.25. The number of alkyl halides is 3. The summed E-state index contributed by atoms with van der Waals surface area (Å²) in [7, 11) is 1.95. The van der Waals surface area contributed by atoms with E-state index in [-0.39, 0.29) is 17.6 Å². The highest BCUT2D eigenvalue weighted by atomic mass is 19.4. The molecule has 2 N–H and O–H groups in total. The molecule has 11 heteroatoms. The summed E-state index contributed by atoms with van der Waals surface area (Å²) in [4.78, 5) is 23.6. The van der Waals surface area contributed by atoms with E-state index >= 15 is 0 Å². The number of aromatic nitrogens is 2. The normalized spacial score (nSPS) is 23.3. The number of halogens is 3. The second-order valence-corrected chi connectivity index (χ2v) is 8.62. The Morgan fingerprint density at radius 2 is 1.90 bits per heavy atom. The van der Waals surface area contributed by atoms with Crippen LogP contribution in [0.3, 0.4) is 0 Å². The number of nitrogens with zero attached hydrogens (tertiary/aromatic N) is 3. The van der Waals surface area contributed by atoms with Crippen LogP contribution in [-0.4, -0.2) is 69.2 Å². The van der Waals surface area contributed by atoms with Crippen LogP contribution in [-0.2, 0) is 27.9 Å². The first-order valence-corrected chi connectivity index (χ1v) is 10.5. The summed E-state index contributed by atoms with van der Waals surface area (Å²) in [6.45, 7) is 3.86. The molecule has 2 aliphatic heterocycles. The highest BCUT2D eigenvalue weighted by Gasteiger charge is 2.44. The van der Waals surface area contributed by atoms with Crippen LogP contribution in [0, 0.1) is 5.92 Å². The van der Waals surface area contributed by atoms with Gasteiger partial charge in [-0.25, -0.2) is 4.79 Å². The number of hydrogen-bond acceptors (Lipinski definition) is 5. The summed E-state index contributed by atoms with van der Waals surface area (Å²) < 4.78 is 39.8. The fourth-order valence-corrected chi connectivity index (χ4v) is 3.98. The number of likely N-dealkylation sites (tertiary alicyclic amines) is 1. The Labute approximate surface area is 178 Å². The number of rotatable bonds is 5. The van der Waals surface area contributed by atoms with Gasteiger partial charge in [0, 0.05) is 45.0 Å². The van der Waals surface area contributed by atoms with Gasteiger partial charge in [-0.15, -0.1) is 0 Å². The van der Waals surface area contributed by atoms with Crippen molar-refractivity contribution in [2.24, 2.45) is 13.0 Å². The second kappa shape index (κ2) is 9.56. The maximum Gasteiger partial charge on any atom is 0.490 e. The van der Waals surface area contributed by atoms with Gasteiger partial charge < -0.3 is 15.2 Å². The Hall–Kier alpha value is -2.14. The van der Waals surface area contributed by atoms with Crippen LogP contribution < -0.4 is 5.32 Å². The zero-order valence-electron chi connectivity index (χ0n) is 17.5. The molecule has 3 heterocycles. The molecule has 0 aromatic carbocycles. The fraction of sp³-hybridized carbons (Fsp3) is 0.750. The molecule has 1 aromatic heterocycles. The van der Waals surface area contributed by atoms with Gasteiger partial charge >= 0.3 is 12.1 Å². The minimum Gasteiger partial charge on any atom is -0.475 e. The number of carboxylic acids is 1. The Balaban J connectivity index is 0.000000339.